The van der Waals surface area contributed by atoms with Crippen molar-refractivity contribution >= 4 is 0 Å². The van der Waals surface area contributed by atoms with E-state index in [4.69, 9.17) is 6.42 Å². The Hall–Kier alpha value is -1.33. The fourth-order valence-electron chi connectivity index (χ4n) is 1.21. The van der Waals surface area contributed by atoms with E-state index in [1.807, 2.05) is 6.92 Å². The highest BCUT2D eigenvalue weighted by Crippen LogP contribution is 2.09. The Bertz CT molecular complexity index is 339. The highest BCUT2D eigenvalue weighted by Gasteiger charge is 1.99. The quantitative estimate of drug-likeness (QED) is 0.568. The van der Waals surface area contributed by atoms with E-state index in [2.05, 4.69) is 11.2 Å². The molecule has 14 heavy (non-hydrogen) atoms. The van der Waals surface area contributed by atoms with E-state index in [9.17, 15) is 4.39 Å². The van der Waals surface area contributed by atoms with Gasteiger partial charge in [-0.15, -0.1) is 12.3 Å². The molecule has 0 spiro atoms. The Balaban J connectivity index is 2.50. The van der Waals surface area contributed by atoms with E-state index in [0.29, 0.717) is 13.0 Å². The van der Waals surface area contributed by atoms with E-state index < -0.39 is 0 Å². The predicted molar refractivity (Wildman–Crippen MR) is 56.3 cm³/mol. The van der Waals surface area contributed by atoms with E-state index in [1.165, 1.54) is 6.07 Å². The summed E-state index contributed by atoms with van der Waals surface area (Å²) in [5.74, 6) is 2.35. The molecule has 2 heteroatoms. The second kappa shape index (κ2) is 5.41. The number of nitrogens with one attached hydrogen (secondary N) is 1. The van der Waals surface area contributed by atoms with Crippen LogP contribution < -0.4 is 5.32 Å². The maximum absolute atomic E-state index is 12.9. The minimum absolute atomic E-state index is 0.190. The lowest BCUT2D eigenvalue weighted by atomic mass is 10.1. The number of halogens is 1. The van der Waals surface area contributed by atoms with E-state index in [-0.39, 0.29) is 5.82 Å². The van der Waals surface area contributed by atoms with Crippen molar-refractivity contribution in [3.05, 3.63) is 35.1 Å². The number of terminal acetylenes is 1. The van der Waals surface area contributed by atoms with Gasteiger partial charge in [-0.2, -0.15) is 0 Å². The van der Waals surface area contributed by atoms with Gasteiger partial charge in [-0.1, -0.05) is 6.07 Å². The molecular formula is C12H14FN. The van der Waals surface area contributed by atoms with Crippen LogP contribution in [-0.4, -0.2) is 6.54 Å². The van der Waals surface area contributed by atoms with Crippen molar-refractivity contribution in [2.45, 2.75) is 19.9 Å². The summed E-state index contributed by atoms with van der Waals surface area (Å²) in [7, 11) is 0. The van der Waals surface area contributed by atoms with Crippen molar-refractivity contribution in [2.24, 2.45) is 0 Å². The first-order valence-corrected chi connectivity index (χ1v) is 4.63. The average Bonchev–Trinajstić information content (AvgIpc) is 2.18. The van der Waals surface area contributed by atoms with E-state index >= 15 is 0 Å². The normalized spacial score (nSPS) is 9.79. The first-order valence-electron chi connectivity index (χ1n) is 4.63. The summed E-state index contributed by atoms with van der Waals surface area (Å²) in [6.07, 6.45) is 5.81. The molecule has 0 saturated heterocycles. The van der Waals surface area contributed by atoms with Crippen LogP contribution in [0.1, 0.15) is 17.5 Å². The highest BCUT2D eigenvalue weighted by molar-refractivity contribution is 5.26. The molecule has 0 bridgehead atoms. The summed E-state index contributed by atoms with van der Waals surface area (Å²) in [5, 5.41) is 3.16. The second-order valence-electron chi connectivity index (χ2n) is 3.20. The number of hydrogen-bond acceptors (Lipinski definition) is 1. The van der Waals surface area contributed by atoms with Crippen LogP contribution in [0.25, 0.3) is 0 Å². The van der Waals surface area contributed by atoms with Crippen LogP contribution in [0.4, 0.5) is 4.39 Å². The molecule has 0 fully saturated rings. The first kappa shape index (κ1) is 10.7. The van der Waals surface area contributed by atoms with Crippen LogP contribution in [-0.2, 0) is 6.54 Å². The van der Waals surface area contributed by atoms with Crippen molar-refractivity contribution in [1.29, 1.82) is 0 Å². The van der Waals surface area contributed by atoms with Crippen molar-refractivity contribution in [1.82, 2.24) is 5.32 Å². The molecule has 0 aliphatic carbocycles. The van der Waals surface area contributed by atoms with Gasteiger partial charge in [-0.3, -0.25) is 0 Å². The van der Waals surface area contributed by atoms with E-state index in [0.717, 1.165) is 17.7 Å². The van der Waals surface area contributed by atoms with Gasteiger partial charge in [0.1, 0.15) is 5.82 Å². The Morgan fingerprint density at radius 1 is 1.50 bits per heavy atom. The molecule has 0 aliphatic heterocycles. The molecule has 0 amide bonds. The van der Waals surface area contributed by atoms with Crippen LogP contribution in [0.2, 0.25) is 0 Å². The summed E-state index contributed by atoms with van der Waals surface area (Å²) in [6, 6.07) is 4.81. The molecule has 0 atom stereocenters. The number of benzene rings is 1. The third-order valence-electron chi connectivity index (χ3n) is 2.07. The molecule has 1 N–H and O–H groups in total. The Labute approximate surface area is 84.3 Å². The predicted octanol–water partition coefficient (Wildman–Crippen LogP) is 2.25. The van der Waals surface area contributed by atoms with Gasteiger partial charge in [0.25, 0.3) is 0 Å². The van der Waals surface area contributed by atoms with Crippen molar-refractivity contribution < 1.29 is 4.39 Å². The van der Waals surface area contributed by atoms with Crippen LogP contribution >= 0.6 is 0 Å². The summed E-state index contributed by atoms with van der Waals surface area (Å²) < 4.78 is 12.9. The fourth-order valence-corrected chi connectivity index (χ4v) is 1.21. The van der Waals surface area contributed by atoms with Gasteiger partial charge in [-0.25, -0.2) is 4.39 Å². The average molecular weight is 191 g/mol. The molecule has 0 heterocycles. The molecule has 1 aromatic carbocycles. The van der Waals surface area contributed by atoms with Gasteiger partial charge in [0.2, 0.25) is 0 Å². The Morgan fingerprint density at radius 2 is 2.29 bits per heavy atom. The molecule has 74 valence electrons. The van der Waals surface area contributed by atoms with Crippen molar-refractivity contribution in [3.63, 3.8) is 0 Å². The summed E-state index contributed by atoms with van der Waals surface area (Å²) in [6.45, 7) is 3.41. The topological polar surface area (TPSA) is 12.0 Å². The monoisotopic (exact) mass is 191 g/mol. The van der Waals surface area contributed by atoms with Gasteiger partial charge in [0.05, 0.1) is 0 Å². The van der Waals surface area contributed by atoms with Crippen LogP contribution in [0, 0.1) is 25.1 Å². The van der Waals surface area contributed by atoms with Crippen LogP contribution in [0.15, 0.2) is 18.2 Å². The molecule has 1 aromatic rings. The standard InChI is InChI=1S/C12H14FN/c1-3-4-7-14-9-11-8-12(13)6-5-10(11)2/h1,5-6,8,14H,4,7,9H2,2H3. The number of rotatable bonds is 4. The van der Waals surface area contributed by atoms with E-state index in [1.54, 1.807) is 12.1 Å². The minimum Gasteiger partial charge on any atom is -0.312 e. The highest BCUT2D eigenvalue weighted by atomic mass is 19.1. The lowest BCUT2D eigenvalue weighted by molar-refractivity contribution is 0.619. The van der Waals surface area contributed by atoms with Gasteiger partial charge >= 0.3 is 0 Å². The second-order valence-corrected chi connectivity index (χ2v) is 3.20. The molecule has 0 saturated carbocycles. The smallest absolute Gasteiger partial charge is 0.123 e. The zero-order valence-corrected chi connectivity index (χ0v) is 8.31. The summed E-state index contributed by atoms with van der Waals surface area (Å²) in [5.41, 5.74) is 2.08. The maximum atomic E-state index is 12.9. The maximum Gasteiger partial charge on any atom is 0.123 e. The van der Waals surface area contributed by atoms with Gasteiger partial charge in [-0.05, 0) is 30.2 Å². The minimum atomic E-state index is -0.190. The zero-order chi connectivity index (χ0) is 10.4. The molecule has 0 aliphatic rings. The van der Waals surface area contributed by atoms with Gasteiger partial charge in [0, 0.05) is 19.5 Å². The Morgan fingerprint density at radius 3 is 3.00 bits per heavy atom. The van der Waals surface area contributed by atoms with Gasteiger partial charge in [0.15, 0.2) is 0 Å². The molecule has 1 rings (SSSR count). The summed E-state index contributed by atoms with van der Waals surface area (Å²) in [4.78, 5) is 0. The zero-order valence-electron chi connectivity index (χ0n) is 8.31. The van der Waals surface area contributed by atoms with Gasteiger partial charge < -0.3 is 5.32 Å². The summed E-state index contributed by atoms with van der Waals surface area (Å²) >= 11 is 0. The lowest BCUT2D eigenvalue weighted by Gasteiger charge is -2.06. The molecular weight excluding hydrogens is 177 g/mol. The number of aryl methyl sites for hydroxylation is 1. The third kappa shape index (κ3) is 3.20. The first-order chi connectivity index (χ1) is 6.74. The lowest BCUT2D eigenvalue weighted by Crippen LogP contribution is -2.15. The van der Waals surface area contributed by atoms with Crippen molar-refractivity contribution in [3.8, 4) is 12.3 Å². The molecule has 0 aromatic heterocycles. The molecule has 0 radical (unpaired) electrons. The molecule has 1 nitrogen and oxygen atoms in total. The fraction of sp³-hybridized carbons (Fsp3) is 0.333. The van der Waals surface area contributed by atoms with Crippen LogP contribution in [0.5, 0.6) is 0 Å². The molecule has 0 unspecified atom stereocenters. The Kier molecular flexibility index (Phi) is 4.15. The van der Waals surface area contributed by atoms with Crippen molar-refractivity contribution in [2.75, 3.05) is 6.54 Å². The number of hydrogen-bond donors (Lipinski definition) is 1. The van der Waals surface area contributed by atoms with Crippen LogP contribution in [0.3, 0.4) is 0 Å². The SMILES string of the molecule is C#CCCNCc1cc(F)ccc1C. The largest absolute Gasteiger partial charge is 0.312 e. The third-order valence-corrected chi connectivity index (χ3v) is 2.07.